The molecule has 144 valence electrons. The van der Waals surface area contributed by atoms with Crippen molar-refractivity contribution >= 4 is 16.7 Å². The lowest BCUT2D eigenvalue weighted by Crippen LogP contribution is -3.14. The molecule has 2 N–H and O–H groups in total. The Morgan fingerprint density at radius 3 is 2.46 bits per heavy atom. The maximum Gasteiger partial charge on any atom is 0.337 e. The van der Waals surface area contributed by atoms with E-state index in [1.807, 2.05) is 30.3 Å². The van der Waals surface area contributed by atoms with Crippen molar-refractivity contribution in [2.45, 2.75) is 6.04 Å². The van der Waals surface area contributed by atoms with Gasteiger partial charge in [-0.1, -0.05) is 42.5 Å². The molecule has 0 aliphatic carbocycles. The van der Waals surface area contributed by atoms with E-state index in [1.54, 1.807) is 18.2 Å². The number of phenolic OH excluding ortho intramolecular Hbond substituents is 1. The van der Waals surface area contributed by atoms with Crippen LogP contribution in [0.25, 0.3) is 10.8 Å². The standard InChI is InChI=1S/C23H23NO4/c1-27-23(26)18-8-6-17(7-9-18)22(24-12-14-28-15-13-24)21-19-5-3-2-4-16(19)10-11-20(21)25/h2-11,22,25H,12-15H2,1H3/p+1/t22-/m0/s1. The van der Waals surface area contributed by atoms with Gasteiger partial charge in [0.25, 0.3) is 0 Å². The number of morpholine rings is 1. The summed E-state index contributed by atoms with van der Waals surface area (Å²) in [6.07, 6.45) is 0. The van der Waals surface area contributed by atoms with Crippen molar-refractivity contribution < 1.29 is 24.3 Å². The van der Waals surface area contributed by atoms with Crippen LogP contribution in [-0.2, 0) is 9.47 Å². The smallest absolute Gasteiger partial charge is 0.337 e. The molecule has 1 atom stereocenters. The molecule has 1 fully saturated rings. The molecule has 4 rings (SSSR count). The molecule has 0 unspecified atom stereocenters. The van der Waals surface area contributed by atoms with E-state index >= 15 is 0 Å². The van der Waals surface area contributed by atoms with Crippen LogP contribution < -0.4 is 4.90 Å². The van der Waals surface area contributed by atoms with Gasteiger partial charge >= 0.3 is 5.97 Å². The fourth-order valence-corrected chi connectivity index (χ4v) is 4.05. The van der Waals surface area contributed by atoms with E-state index in [1.165, 1.54) is 12.0 Å². The van der Waals surface area contributed by atoms with Gasteiger partial charge in [0.2, 0.25) is 0 Å². The van der Waals surface area contributed by atoms with E-state index in [9.17, 15) is 9.90 Å². The molecular weight excluding hydrogens is 354 g/mol. The molecule has 5 heteroatoms. The highest BCUT2D eigenvalue weighted by atomic mass is 16.5. The molecule has 1 aliphatic heterocycles. The molecule has 0 radical (unpaired) electrons. The van der Waals surface area contributed by atoms with Crippen LogP contribution in [0.2, 0.25) is 0 Å². The number of nitrogens with one attached hydrogen (secondary N) is 1. The van der Waals surface area contributed by atoms with E-state index in [-0.39, 0.29) is 12.0 Å². The molecule has 0 amide bonds. The van der Waals surface area contributed by atoms with Gasteiger partial charge in [-0.25, -0.2) is 4.79 Å². The first-order valence-corrected chi connectivity index (χ1v) is 9.50. The highest BCUT2D eigenvalue weighted by Gasteiger charge is 2.31. The van der Waals surface area contributed by atoms with Crippen molar-refractivity contribution in [3.63, 3.8) is 0 Å². The number of phenols is 1. The Hall–Kier alpha value is -2.89. The van der Waals surface area contributed by atoms with E-state index in [2.05, 4.69) is 12.1 Å². The molecule has 0 aromatic heterocycles. The third-order valence-electron chi connectivity index (χ3n) is 5.44. The Morgan fingerprint density at radius 2 is 1.75 bits per heavy atom. The highest BCUT2D eigenvalue weighted by molar-refractivity contribution is 5.90. The molecule has 1 aliphatic rings. The van der Waals surface area contributed by atoms with Gasteiger partial charge in [0.15, 0.2) is 0 Å². The van der Waals surface area contributed by atoms with Crippen molar-refractivity contribution in [2.75, 3.05) is 33.4 Å². The summed E-state index contributed by atoms with van der Waals surface area (Å²) in [4.78, 5) is 13.1. The predicted octanol–water partition coefficient (Wildman–Crippen LogP) is 2.34. The van der Waals surface area contributed by atoms with Crippen molar-refractivity contribution in [3.05, 3.63) is 77.4 Å². The van der Waals surface area contributed by atoms with Crippen molar-refractivity contribution in [1.29, 1.82) is 0 Å². The molecule has 0 spiro atoms. The predicted molar refractivity (Wildman–Crippen MR) is 107 cm³/mol. The van der Waals surface area contributed by atoms with Gasteiger partial charge in [-0.15, -0.1) is 0 Å². The molecule has 1 saturated heterocycles. The van der Waals surface area contributed by atoms with Gasteiger partial charge in [0.1, 0.15) is 24.9 Å². The van der Waals surface area contributed by atoms with Crippen LogP contribution in [0.1, 0.15) is 27.5 Å². The second-order valence-electron chi connectivity index (χ2n) is 7.04. The number of hydrogen-bond donors (Lipinski definition) is 2. The van der Waals surface area contributed by atoms with Crippen LogP contribution in [0.3, 0.4) is 0 Å². The van der Waals surface area contributed by atoms with Crippen LogP contribution >= 0.6 is 0 Å². The number of carbonyl (C=O) groups excluding carboxylic acids is 1. The monoisotopic (exact) mass is 378 g/mol. The van der Waals surface area contributed by atoms with Gasteiger partial charge in [-0.2, -0.15) is 0 Å². The summed E-state index contributed by atoms with van der Waals surface area (Å²) in [6.45, 7) is 3.09. The number of fused-ring (bicyclic) bond motifs is 1. The first-order chi connectivity index (χ1) is 13.7. The van der Waals surface area contributed by atoms with Crippen molar-refractivity contribution in [2.24, 2.45) is 0 Å². The zero-order chi connectivity index (χ0) is 19.5. The van der Waals surface area contributed by atoms with Crippen LogP contribution in [0, 0.1) is 0 Å². The molecule has 0 bridgehead atoms. The van der Waals surface area contributed by atoms with E-state index < -0.39 is 0 Å². The topological polar surface area (TPSA) is 60.2 Å². The molecule has 1 heterocycles. The normalized spacial score (nSPS) is 16.0. The summed E-state index contributed by atoms with van der Waals surface area (Å²) >= 11 is 0. The van der Waals surface area contributed by atoms with Gasteiger partial charge in [0, 0.05) is 5.56 Å². The summed E-state index contributed by atoms with van der Waals surface area (Å²) < 4.78 is 10.4. The molecule has 0 saturated carbocycles. The van der Waals surface area contributed by atoms with E-state index in [0.29, 0.717) is 24.5 Å². The first kappa shape index (κ1) is 18.5. The number of methoxy groups -OCH3 is 1. The lowest BCUT2D eigenvalue weighted by Gasteiger charge is -2.33. The fourth-order valence-electron chi connectivity index (χ4n) is 4.05. The van der Waals surface area contributed by atoms with Gasteiger partial charge in [0.05, 0.1) is 31.5 Å². The Kier molecular flexibility index (Phi) is 5.28. The Morgan fingerprint density at radius 1 is 1.04 bits per heavy atom. The maximum atomic E-state index is 11.8. The van der Waals surface area contributed by atoms with Crippen molar-refractivity contribution in [3.8, 4) is 5.75 Å². The number of hydrogen-bond acceptors (Lipinski definition) is 4. The van der Waals surface area contributed by atoms with Crippen LogP contribution in [0.4, 0.5) is 0 Å². The Labute approximate surface area is 164 Å². The largest absolute Gasteiger partial charge is 0.507 e. The molecule has 3 aromatic carbocycles. The second-order valence-corrected chi connectivity index (χ2v) is 7.04. The summed E-state index contributed by atoms with van der Waals surface area (Å²) in [6, 6.07) is 19.3. The fraction of sp³-hybridized carbons (Fsp3) is 0.261. The number of ether oxygens (including phenoxy) is 2. The van der Waals surface area contributed by atoms with E-state index in [0.717, 1.165) is 35.0 Å². The molecule has 3 aromatic rings. The SMILES string of the molecule is COC(=O)c1ccc([C@@H](c2c(O)ccc3ccccc23)[NH+]2CCOCC2)cc1. The van der Waals surface area contributed by atoms with Crippen LogP contribution in [-0.4, -0.2) is 44.5 Å². The second kappa shape index (κ2) is 8.00. The summed E-state index contributed by atoms with van der Waals surface area (Å²) in [5, 5.41) is 13.0. The third kappa shape index (κ3) is 3.46. The summed E-state index contributed by atoms with van der Waals surface area (Å²) in [7, 11) is 1.38. The number of esters is 1. The third-order valence-corrected chi connectivity index (χ3v) is 5.44. The Bertz CT molecular complexity index is 978. The molecule has 5 nitrogen and oxygen atoms in total. The number of carbonyl (C=O) groups is 1. The average Bonchev–Trinajstić information content (AvgIpc) is 2.76. The number of aromatic hydroxyl groups is 1. The summed E-state index contributed by atoms with van der Waals surface area (Å²) in [5.74, 6) is -0.0606. The van der Waals surface area contributed by atoms with Crippen molar-refractivity contribution in [1.82, 2.24) is 0 Å². The summed E-state index contributed by atoms with van der Waals surface area (Å²) in [5.41, 5.74) is 2.49. The average molecular weight is 378 g/mol. The van der Waals surface area contributed by atoms with Gasteiger partial charge in [-0.3, -0.25) is 0 Å². The Balaban J connectivity index is 1.85. The van der Waals surface area contributed by atoms with Crippen LogP contribution in [0.15, 0.2) is 60.7 Å². The van der Waals surface area contributed by atoms with Crippen LogP contribution in [0.5, 0.6) is 5.75 Å². The first-order valence-electron chi connectivity index (χ1n) is 9.50. The van der Waals surface area contributed by atoms with Gasteiger partial charge in [-0.05, 0) is 29.0 Å². The molecular formula is C23H24NO4+. The lowest BCUT2D eigenvalue weighted by molar-refractivity contribution is -0.933. The number of quaternary nitrogens is 1. The quantitative estimate of drug-likeness (QED) is 0.684. The minimum Gasteiger partial charge on any atom is -0.507 e. The highest BCUT2D eigenvalue weighted by Crippen LogP contribution is 2.34. The number of rotatable bonds is 4. The zero-order valence-corrected chi connectivity index (χ0v) is 15.9. The minimum atomic E-state index is -0.352. The maximum absolute atomic E-state index is 11.8. The van der Waals surface area contributed by atoms with Gasteiger partial charge < -0.3 is 19.5 Å². The zero-order valence-electron chi connectivity index (χ0n) is 15.9. The minimum absolute atomic E-state index is 0.0540. The lowest BCUT2D eigenvalue weighted by atomic mass is 9.91. The molecule has 28 heavy (non-hydrogen) atoms. The number of benzene rings is 3. The van der Waals surface area contributed by atoms with E-state index in [4.69, 9.17) is 9.47 Å².